The Labute approximate surface area is 170 Å². The van der Waals surface area contributed by atoms with Crippen LogP contribution in [0.2, 0.25) is 5.02 Å². The molecule has 1 fully saturated rings. The molecule has 28 heavy (non-hydrogen) atoms. The molecule has 2 N–H and O–H groups in total. The summed E-state index contributed by atoms with van der Waals surface area (Å²) in [5, 5.41) is 18.6. The molecule has 8 heteroatoms. The number of nitrogens with one attached hydrogen (secondary N) is 1. The number of hydrogen-bond acceptors (Lipinski definition) is 5. The van der Waals surface area contributed by atoms with E-state index in [2.05, 4.69) is 15.4 Å². The quantitative estimate of drug-likeness (QED) is 0.641. The largest absolute Gasteiger partial charge is 0.394 e. The molecule has 146 valence electrons. The third kappa shape index (κ3) is 3.70. The van der Waals surface area contributed by atoms with Gasteiger partial charge in [-0.15, -0.1) is 0 Å². The Kier molecular flexibility index (Phi) is 5.23. The van der Waals surface area contributed by atoms with Crippen LogP contribution < -0.4 is 5.32 Å². The highest BCUT2D eigenvalue weighted by molar-refractivity contribution is 7.84. The van der Waals surface area contributed by atoms with Crippen LogP contribution in [0.5, 0.6) is 0 Å². The van der Waals surface area contributed by atoms with Crippen molar-refractivity contribution in [1.29, 1.82) is 0 Å². The maximum Gasteiger partial charge on any atom is 0.157 e. The van der Waals surface area contributed by atoms with Gasteiger partial charge in [0.15, 0.2) is 5.65 Å². The van der Waals surface area contributed by atoms with Crippen LogP contribution in [0.1, 0.15) is 30.5 Å². The molecule has 0 amide bonds. The summed E-state index contributed by atoms with van der Waals surface area (Å²) in [5.41, 5.74) is 2.01. The van der Waals surface area contributed by atoms with Crippen molar-refractivity contribution in [3.63, 3.8) is 0 Å². The molecular weight excluding hydrogens is 396 g/mol. The van der Waals surface area contributed by atoms with Gasteiger partial charge in [-0.2, -0.15) is 9.61 Å². The van der Waals surface area contributed by atoms with Gasteiger partial charge in [0, 0.05) is 23.5 Å². The molecule has 2 aromatic heterocycles. The Hall–Kier alpha value is -2.22. The third-order valence-electron chi connectivity index (χ3n) is 5.09. The highest BCUT2D eigenvalue weighted by atomic mass is 35.5. The molecular formula is C20H21ClN4O2S. The van der Waals surface area contributed by atoms with Gasteiger partial charge in [0.2, 0.25) is 0 Å². The van der Waals surface area contributed by atoms with Gasteiger partial charge in [-0.3, -0.25) is 4.21 Å². The Morgan fingerprint density at radius 1 is 1.32 bits per heavy atom. The Balaban J connectivity index is 1.72. The van der Waals surface area contributed by atoms with Gasteiger partial charge in [0.1, 0.15) is 5.82 Å². The number of halogens is 1. The molecule has 6 nitrogen and oxygen atoms in total. The highest BCUT2D eigenvalue weighted by Crippen LogP contribution is 2.36. The van der Waals surface area contributed by atoms with E-state index in [0.717, 1.165) is 30.5 Å². The van der Waals surface area contributed by atoms with Crippen LogP contribution in [0.25, 0.3) is 17.8 Å². The summed E-state index contributed by atoms with van der Waals surface area (Å²) in [7, 11) is -1.24. The van der Waals surface area contributed by atoms with Crippen LogP contribution in [0.3, 0.4) is 0 Å². The molecule has 1 aliphatic rings. The summed E-state index contributed by atoms with van der Waals surface area (Å²) in [6.07, 6.45) is 9.87. The summed E-state index contributed by atoms with van der Waals surface area (Å²) in [4.78, 5) is 4.98. The van der Waals surface area contributed by atoms with E-state index in [9.17, 15) is 9.32 Å². The molecule has 0 bridgehead atoms. The number of anilines is 1. The number of hydrogen-bond donors (Lipinski definition) is 2. The molecule has 0 aliphatic heterocycles. The van der Waals surface area contributed by atoms with E-state index >= 15 is 0 Å². The van der Waals surface area contributed by atoms with Crippen molar-refractivity contribution < 1.29 is 9.32 Å². The van der Waals surface area contributed by atoms with E-state index in [1.54, 1.807) is 17.0 Å². The van der Waals surface area contributed by atoms with Crippen LogP contribution in [-0.4, -0.2) is 42.3 Å². The number of fused-ring (bicyclic) bond motifs is 1. The van der Waals surface area contributed by atoms with Gasteiger partial charge >= 0.3 is 0 Å². The number of aromatic nitrogens is 3. The molecule has 4 rings (SSSR count). The first-order valence-electron chi connectivity index (χ1n) is 9.05. The number of nitrogens with zero attached hydrogens (tertiary/aromatic N) is 3. The molecule has 1 saturated carbocycles. The van der Waals surface area contributed by atoms with Gasteiger partial charge in [-0.25, -0.2) is 4.98 Å². The zero-order valence-corrected chi connectivity index (χ0v) is 17.0. The fraction of sp³-hybridized carbons (Fsp3) is 0.300. The summed E-state index contributed by atoms with van der Waals surface area (Å²) in [6.45, 7) is 0.0250. The summed E-state index contributed by atoms with van der Waals surface area (Å²) in [6, 6.07) is 9.40. The molecule has 3 aromatic rings. The average molecular weight is 417 g/mol. The number of aliphatic hydroxyl groups excluding tert-OH is 1. The van der Waals surface area contributed by atoms with Crippen molar-refractivity contribution in [1.82, 2.24) is 14.6 Å². The second kappa shape index (κ2) is 7.66. The van der Waals surface area contributed by atoms with E-state index in [4.69, 9.17) is 11.6 Å². The van der Waals surface area contributed by atoms with Crippen LogP contribution in [0.4, 0.5) is 5.82 Å². The Morgan fingerprint density at radius 2 is 2.07 bits per heavy atom. The van der Waals surface area contributed by atoms with E-state index in [1.807, 2.05) is 42.5 Å². The second-order valence-corrected chi connectivity index (χ2v) is 8.85. The SMILES string of the molecule is C[S@@](=O)c1cnc2cc(/C=C/c3ccc(Cl)cc3)nn2c1NC1(CO)CCC1. The minimum atomic E-state index is -1.24. The van der Waals surface area contributed by atoms with E-state index in [1.165, 1.54) is 0 Å². The maximum atomic E-state index is 12.2. The fourth-order valence-corrected chi connectivity index (χ4v) is 4.01. The third-order valence-corrected chi connectivity index (χ3v) is 6.26. The van der Waals surface area contributed by atoms with E-state index in [0.29, 0.717) is 21.4 Å². The van der Waals surface area contributed by atoms with Gasteiger partial charge in [0.25, 0.3) is 0 Å². The zero-order valence-electron chi connectivity index (χ0n) is 15.4. The molecule has 0 spiro atoms. The van der Waals surface area contributed by atoms with Crippen molar-refractivity contribution in [2.24, 2.45) is 0 Å². The van der Waals surface area contributed by atoms with Crippen molar-refractivity contribution in [3.8, 4) is 0 Å². The van der Waals surface area contributed by atoms with Crippen molar-refractivity contribution in [2.45, 2.75) is 29.7 Å². The fourth-order valence-electron chi connectivity index (χ4n) is 3.27. The van der Waals surface area contributed by atoms with E-state index in [-0.39, 0.29) is 12.1 Å². The minimum Gasteiger partial charge on any atom is -0.394 e. The number of aliphatic hydroxyl groups is 1. The average Bonchev–Trinajstić information content (AvgIpc) is 3.07. The molecule has 0 saturated heterocycles. The smallest absolute Gasteiger partial charge is 0.157 e. The molecule has 0 unspecified atom stereocenters. The van der Waals surface area contributed by atoms with Crippen LogP contribution in [0.15, 0.2) is 41.4 Å². The van der Waals surface area contributed by atoms with Crippen molar-refractivity contribution in [2.75, 3.05) is 18.2 Å². The lowest BCUT2D eigenvalue weighted by Gasteiger charge is -2.42. The van der Waals surface area contributed by atoms with Crippen molar-refractivity contribution in [3.05, 3.63) is 52.8 Å². The van der Waals surface area contributed by atoms with Crippen LogP contribution in [-0.2, 0) is 10.8 Å². The Morgan fingerprint density at radius 3 is 2.68 bits per heavy atom. The summed E-state index contributed by atoms with van der Waals surface area (Å²) < 4.78 is 13.9. The lowest BCUT2D eigenvalue weighted by Crippen LogP contribution is -2.49. The highest BCUT2D eigenvalue weighted by Gasteiger charge is 2.37. The first-order valence-corrected chi connectivity index (χ1v) is 11.0. The first-order chi connectivity index (χ1) is 13.5. The number of rotatable bonds is 6. The van der Waals surface area contributed by atoms with Crippen molar-refractivity contribution >= 4 is 46.0 Å². The lowest BCUT2D eigenvalue weighted by molar-refractivity contribution is 0.143. The molecule has 1 aliphatic carbocycles. The van der Waals surface area contributed by atoms with Gasteiger partial charge < -0.3 is 10.4 Å². The normalized spacial score (nSPS) is 17.0. The zero-order chi connectivity index (χ0) is 19.7. The van der Waals surface area contributed by atoms with Gasteiger partial charge in [-0.05, 0) is 43.0 Å². The molecule has 0 radical (unpaired) electrons. The van der Waals surface area contributed by atoms with Crippen LogP contribution in [0, 0.1) is 0 Å². The Bertz CT molecular complexity index is 1050. The van der Waals surface area contributed by atoms with Gasteiger partial charge in [-0.1, -0.05) is 29.8 Å². The first kappa shape index (κ1) is 19.1. The standard InChI is InChI=1S/C20H21ClN4O2S/c1-28(27)17-12-22-18-11-16(8-5-14-3-6-15(21)7-4-14)24-25(18)19(17)23-20(13-26)9-2-10-20/h3-8,11-12,23,26H,2,9-10,13H2,1H3/b8-5+/t28-/m1/s1. The van der Waals surface area contributed by atoms with Crippen LogP contribution >= 0.6 is 11.6 Å². The minimum absolute atomic E-state index is 0.0250. The maximum absolute atomic E-state index is 12.2. The second-order valence-electron chi connectivity index (χ2n) is 7.07. The number of benzene rings is 1. The molecule has 2 heterocycles. The summed E-state index contributed by atoms with van der Waals surface area (Å²) >= 11 is 5.92. The summed E-state index contributed by atoms with van der Waals surface area (Å²) in [5.74, 6) is 0.630. The predicted molar refractivity (Wildman–Crippen MR) is 113 cm³/mol. The van der Waals surface area contributed by atoms with Gasteiger partial charge in [0.05, 0.1) is 33.5 Å². The topological polar surface area (TPSA) is 79.5 Å². The molecule has 1 aromatic carbocycles. The monoisotopic (exact) mass is 416 g/mol. The lowest BCUT2D eigenvalue weighted by atomic mass is 9.77. The predicted octanol–water partition coefficient (Wildman–Crippen LogP) is 3.62. The van der Waals surface area contributed by atoms with E-state index < -0.39 is 10.8 Å². The molecule has 1 atom stereocenters.